The number of nitrogens with zero attached hydrogens (tertiary/aromatic N) is 4. The molecular formula is C28H27N5O2. The topological polar surface area (TPSA) is 80.1 Å². The maximum Gasteiger partial charge on any atom is 0.257 e. The summed E-state index contributed by atoms with van der Waals surface area (Å²) in [5.74, 6) is 0.0128. The van der Waals surface area contributed by atoms with Gasteiger partial charge in [0.1, 0.15) is 11.5 Å². The Morgan fingerprint density at radius 3 is 2.43 bits per heavy atom. The predicted octanol–water partition coefficient (Wildman–Crippen LogP) is 4.73. The Kier molecular flexibility index (Phi) is 6.39. The van der Waals surface area contributed by atoms with Gasteiger partial charge in [0.15, 0.2) is 0 Å². The molecule has 0 saturated carbocycles. The van der Waals surface area contributed by atoms with Crippen LogP contribution in [0.15, 0.2) is 85.2 Å². The molecule has 1 fully saturated rings. The highest BCUT2D eigenvalue weighted by molar-refractivity contribution is 6.00. The van der Waals surface area contributed by atoms with Crippen molar-refractivity contribution in [3.05, 3.63) is 96.3 Å². The fourth-order valence-electron chi connectivity index (χ4n) is 4.37. The minimum atomic E-state index is -0.292. The van der Waals surface area contributed by atoms with Gasteiger partial charge < -0.3 is 10.2 Å². The summed E-state index contributed by atoms with van der Waals surface area (Å²) in [6.07, 6.45) is 5.01. The summed E-state index contributed by atoms with van der Waals surface area (Å²) < 4.78 is 1.74. The van der Waals surface area contributed by atoms with Crippen molar-refractivity contribution in [2.75, 3.05) is 18.4 Å². The first-order valence-corrected chi connectivity index (χ1v) is 11.8. The molecule has 1 saturated heterocycles. The maximum absolute atomic E-state index is 13.7. The maximum atomic E-state index is 13.7. The monoisotopic (exact) mass is 465 g/mol. The van der Waals surface area contributed by atoms with Crippen molar-refractivity contribution in [3.63, 3.8) is 0 Å². The van der Waals surface area contributed by atoms with Crippen LogP contribution in [0.2, 0.25) is 0 Å². The summed E-state index contributed by atoms with van der Waals surface area (Å²) in [4.78, 5) is 32.7. The second-order valence-corrected chi connectivity index (χ2v) is 8.84. The molecule has 0 bridgehead atoms. The number of piperidine rings is 1. The number of pyridine rings is 1. The van der Waals surface area contributed by atoms with Crippen LogP contribution in [0.1, 0.15) is 28.8 Å². The fraction of sp³-hybridized carbons (Fsp3) is 0.214. The average molecular weight is 466 g/mol. The zero-order valence-electron chi connectivity index (χ0n) is 19.6. The van der Waals surface area contributed by atoms with Crippen molar-refractivity contribution < 1.29 is 9.59 Å². The van der Waals surface area contributed by atoms with Gasteiger partial charge in [-0.25, -0.2) is 9.67 Å². The van der Waals surface area contributed by atoms with E-state index in [-0.39, 0.29) is 17.7 Å². The molecule has 1 atom stereocenters. The molecule has 3 heterocycles. The molecule has 4 aromatic rings. The number of rotatable bonds is 5. The molecule has 0 aliphatic carbocycles. The van der Waals surface area contributed by atoms with E-state index < -0.39 is 0 Å². The SMILES string of the molecule is Cc1ccc(NC(=O)C2CCCN(C(=O)c3cn(-c4ccccc4)nc3-c3ccccc3)C2)nc1. The molecule has 1 N–H and O–H groups in total. The van der Waals surface area contributed by atoms with E-state index in [2.05, 4.69) is 10.3 Å². The molecule has 1 aliphatic heterocycles. The highest BCUT2D eigenvalue weighted by Gasteiger charge is 2.31. The Balaban J connectivity index is 1.39. The smallest absolute Gasteiger partial charge is 0.257 e. The first-order chi connectivity index (χ1) is 17.1. The van der Waals surface area contributed by atoms with Gasteiger partial charge in [-0.3, -0.25) is 9.59 Å². The second-order valence-electron chi connectivity index (χ2n) is 8.84. The number of hydrogen-bond donors (Lipinski definition) is 1. The molecule has 1 unspecified atom stereocenters. The van der Waals surface area contributed by atoms with E-state index >= 15 is 0 Å². The number of benzene rings is 2. The molecule has 2 aromatic carbocycles. The molecule has 7 heteroatoms. The Labute approximate surface area is 204 Å². The Hall–Kier alpha value is -4.26. The Bertz CT molecular complexity index is 1320. The predicted molar refractivity (Wildman–Crippen MR) is 135 cm³/mol. The van der Waals surface area contributed by atoms with Crippen molar-refractivity contribution in [2.24, 2.45) is 5.92 Å². The number of aryl methyl sites for hydroxylation is 1. The van der Waals surface area contributed by atoms with Gasteiger partial charge in [0, 0.05) is 31.0 Å². The molecule has 2 aromatic heterocycles. The van der Waals surface area contributed by atoms with E-state index in [1.54, 1.807) is 28.0 Å². The fourth-order valence-corrected chi connectivity index (χ4v) is 4.37. The molecule has 1 aliphatic rings. The standard InChI is InChI=1S/C28H27N5O2/c1-20-14-15-25(29-17-20)30-27(34)22-11-8-16-32(18-22)28(35)24-19-33(23-12-6-3-7-13-23)31-26(24)21-9-4-2-5-10-21/h2-7,9-10,12-15,17,19,22H,8,11,16,18H2,1H3,(H,29,30,34). The van der Waals surface area contributed by atoms with Gasteiger partial charge in [-0.15, -0.1) is 0 Å². The minimum absolute atomic E-state index is 0.109. The van der Waals surface area contributed by atoms with Crippen molar-refractivity contribution in [3.8, 4) is 16.9 Å². The van der Waals surface area contributed by atoms with Crippen LogP contribution < -0.4 is 5.32 Å². The second kappa shape index (κ2) is 9.93. The van der Waals surface area contributed by atoms with Crippen molar-refractivity contribution >= 4 is 17.6 Å². The molecule has 35 heavy (non-hydrogen) atoms. The highest BCUT2D eigenvalue weighted by Crippen LogP contribution is 2.27. The molecule has 0 radical (unpaired) electrons. The van der Waals surface area contributed by atoms with Gasteiger partial charge in [-0.05, 0) is 43.5 Å². The van der Waals surface area contributed by atoms with Gasteiger partial charge >= 0.3 is 0 Å². The van der Waals surface area contributed by atoms with E-state index in [1.807, 2.05) is 73.7 Å². The molecular weight excluding hydrogens is 438 g/mol. The van der Waals surface area contributed by atoms with Crippen LogP contribution in [-0.4, -0.2) is 44.6 Å². The van der Waals surface area contributed by atoms with Crippen LogP contribution in [0.25, 0.3) is 16.9 Å². The third-order valence-electron chi connectivity index (χ3n) is 6.25. The van der Waals surface area contributed by atoms with Gasteiger partial charge in [0.2, 0.25) is 5.91 Å². The zero-order valence-corrected chi connectivity index (χ0v) is 19.6. The molecule has 0 spiro atoms. The average Bonchev–Trinajstić information content (AvgIpc) is 3.36. The largest absolute Gasteiger partial charge is 0.338 e. The number of carbonyl (C=O) groups is 2. The Morgan fingerprint density at radius 1 is 0.971 bits per heavy atom. The number of aromatic nitrogens is 3. The summed E-state index contributed by atoms with van der Waals surface area (Å²) >= 11 is 0. The number of para-hydroxylation sites is 1. The van der Waals surface area contributed by atoms with Crippen molar-refractivity contribution in [1.82, 2.24) is 19.7 Å². The lowest BCUT2D eigenvalue weighted by atomic mass is 9.96. The number of carbonyl (C=O) groups excluding carboxylic acids is 2. The van der Waals surface area contributed by atoms with E-state index in [0.29, 0.717) is 30.2 Å². The van der Waals surface area contributed by atoms with Crippen LogP contribution in [0, 0.1) is 12.8 Å². The van der Waals surface area contributed by atoms with Gasteiger partial charge in [0.05, 0.1) is 17.2 Å². The first-order valence-electron chi connectivity index (χ1n) is 11.8. The van der Waals surface area contributed by atoms with E-state index in [4.69, 9.17) is 5.10 Å². The van der Waals surface area contributed by atoms with Gasteiger partial charge in [-0.2, -0.15) is 5.10 Å². The summed E-state index contributed by atoms with van der Waals surface area (Å²) in [6, 6.07) is 23.2. The number of nitrogens with one attached hydrogen (secondary N) is 1. The number of anilines is 1. The van der Waals surface area contributed by atoms with Gasteiger partial charge in [0.25, 0.3) is 5.91 Å². The molecule has 2 amide bonds. The lowest BCUT2D eigenvalue weighted by molar-refractivity contribution is -0.121. The van der Waals surface area contributed by atoms with Crippen LogP contribution in [0.5, 0.6) is 0 Å². The van der Waals surface area contributed by atoms with Crippen LogP contribution in [0.3, 0.4) is 0 Å². The Morgan fingerprint density at radius 2 is 1.71 bits per heavy atom. The van der Waals surface area contributed by atoms with E-state index in [1.165, 1.54) is 0 Å². The summed E-state index contributed by atoms with van der Waals surface area (Å²) in [7, 11) is 0. The lowest BCUT2D eigenvalue weighted by Crippen LogP contribution is -2.43. The molecule has 7 nitrogen and oxygen atoms in total. The lowest BCUT2D eigenvalue weighted by Gasteiger charge is -2.32. The van der Waals surface area contributed by atoms with Crippen molar-refractivity contribution in [2.45, 2.75) is 19.8 Å². The first kappa shape index (κ1) is 22.5. The number of amides is 2. The van der Waals surface area contributed by atoms with Gasteiger partial charge in [-0.1, -0.05) is 54.6 Å². The summed E-state index contributed by atoms with van der Waals surface area (Å²) in [6.45, 7) is 2.92. The minimum Gasteiger partial charge on any atom is -0.338 e. The van der Waals surface area contributed by atoms with E-state index in [0.717, 1.165) is 29.7 Å². The highest BCUT2D eigenvalue weighted by atomic mass is 16.2. The molecule has 5 rings (SSSR count). The summed E-state index contributed by atoms with van der Waals surface area (Å²) in [5, 5.41) is 7.66. The normalized spacial score (nSPS) is 15.6. The van der Waals surface area contributed by atoms with Crippen LogP contribution >= 0.6 is 0 Å². The third-order valence-corrected chi connectivity index (χ3v) is 6.25. The number of hydrogen-bond acceptors (Lipinski definition) is 4. The van der Waals surface area contributed by atoms with E-state index in [9.17, 15) is 9.59 Å². The zero-order chi connectivity index (χ0) is 24.2. The van der Waals surface area contributed by atoms with Crippen LogP contribution in [0.4, 0.5) is 5.82 Å². The quantitative estimate of drug-likeness (QED) is 0.462. The number of likely N-dealkylation sites (tertiary alicyclic amines) is 1. The van der Waals surface area contributed by atoms with Crippen LogP contribution in [-0.2, 0) is 4.79 Å². The van der Waals surface area contributed by atoms with Crippen molar-refractivity contribution in [1.29, 1.82) is 0 Å². The molecule has 176 valence electrons. The third kappa shape index (κ3) is 4.99. The summed E-state index contributed by atoms with van der Waals surface area (Å²) in [5.41, 5.74) is 3.95.